The molecule has 0 N–H and O–H groups in total. The Morgan fingerprint density at radius 3 is 2.81 bits per heavy atom. The molecule has 0 radical (unpaired) electrons. The maximum atomic E-state index is 13.1. The first-order chi connectivity index (χ1) is 10.0. The Morgan fingerprint density at radius 1 is 1.29 bits per heavy atom. The Kier molecular flexibility index (Phi) is 2.82. The molecule has 0 saturated heterocycles. The van der Waals surface area contributed by atoms with E-state index < -0.39 is 0 Å². The predicted octanol–water partition coefficient (Wildman–Crippen LogP) is 2.86. The van der Waals surface area contributed by atoms with E-state index in [0.717, 1.165) is 42.0 Å². The molecular weight excluding hydrogens is 282 g/mol. The molecule has 2 aromatic rings. The molecule has 1 aliphatic heterocycles. The topological polar surface area (TPSA) is 38.1 Å². The molecule has 0 aromatic carbocycles. The molecule has 5 heteroatoms. The zero-order valence-electron chi connectivity index (χ0n) is 12.9. The fraction of sp³-hybridized carbons (Fsp3) is 0.625. The molecule has 2 aromatic heterocycles. The summed E-state index contributed by atoms with van der Waals surface area (Å²) in [4.78, 5) is 22.7. The lowest BCUT2D eigenvalue weighted by molar-refractivity contribution is 0.0895. The minimum atomic E-state index is -0.272. The van der Waals surface area contributed by atoms with Gasteiger partial charge in [-0.05, 0) is 51.6 Å². The smallest absolute Gasteiger partial charge is 0.264 e. The molecule has 1 aliphatic carbocycles. The summed E-state index contributed by atoms with van der Waals surface area (Å²) < 4.78 is 1.93. The van der Waals surface area contributed by atoms with Crippen LogP contribution in [0.2, 0.25) is 0 Å². The first kappa shape index (κ1) is 13.5. The molecule has 0 spiro atoms. The van der Waals surface area contributed by atoms with Crippen LogP contribution in [0.25, 0.3) is 10.2 Å². The lowest BCUT2D eigenvalue weighted by Crippen LogP contribution is -2.43. The van der Waals surface area contributed by atoms with Gasteiger partial charge in [0.2, 0.25) is 0 Å². The fourth-order valence-corrected chi connectivity index (χ4v) is 5.19. The molecule has 0 unspecified atom stereocenters. The predicted molar refractivity (Wildman–Crippen MR) is 85.9 cm³/mol. The third kappa shape index (κ3) is 1.70. The van der Waals surface area contributed by atoms with Crippen molar-refractivity contribution in [1.82, 2.24) is 14.5 Å². The zero-order valence-corrected chi connectivity index (χ0v) is 13.7. The van der Waals surface area contributed by atoms with E-state index >= 15 is 0 Å². The maximum absolute atomic E-state index is 13.1. The van der Waals surface area contributed by atoms with E-state index in [2.05, 4.69) is 25.7 Å². The van der Waals surface area contributed by atoms with Crippen molar-refractivity contribution in [2.45, 2.75) is 58.7 Å². The first-order valence-corrected chi connectivity index (χ1v) is 8.67. The van der Waals surface area contributed by atoms with E-state index in [0.29, 0.717) is 0 Å². The third-order valence-electron chi connectivity index (χ3n) is 5.09. The number of aromatic nitrogens is 2. The van der Waals surface area contributed by atoms with Gasteiger partial charge in [-0.2, -0.15) is 0 Å². The molecular formula is C16H21N3OS. The SMILES string of the molecule is CCN1Cc2nc3sc4c(c3c(=O)n2C1(C)C)CCCC4. The van der Waals surface area contributed by atoms with Crippen LogP contribution in [-0.4, -0.2) is 21.0 Å². The third-order valence-corrected chi connectivity index (χ3v) is 6.28. The molecule has 0 fully saturated rings. The Morgan fingerprint density at radius 2 is 2.05 bits per heavy atom. The summed E-state index contributed by atoms with van der Waals surface area (Å²) in [6.45, 7) is 8.10. The Labute approximate surface area is 128 Å². The van der Waals surface area contributed by atoms with Crippen molar-refractivity contribution in [2.75, 3.05) is 6.54 Å². The molecule has 21 heavy (non-hydrogen) atoms. The normalized spacial score (nSPS) is 20.7. The summed E-state index contributed by atoms with van der Waals surface area (Å²) in [5.41, 5.74) is 1.20. The monoisotopic (exact) mass is 303 g/mol. The van der Waals surface area contributed by atoms with E-state index in [4.69, 9.17) is 4.98 Å². The average molecular weight is 303 g/mol. The van der Waals surface area contributed by atoms with Gasteiger partial charge in [-0.25, -0.2) is 4.98 Å². The van der Waals surface area contributed by atoms with E-state index in [1.807, 2.05) is 4.57 Å². The van der Waals surface area contributed by atoms with Crippen molar-refractivity contribution in [2.24, 2.45) is 0 Å². The van der Waals surface area contributed by atoms with Gasteiger partial charge in [0.25, 0.3) is 5.56 Å². The largest absolute Gasteiger partial charge is 0.276 e. The van der Waals surface area contributed by atoms with E-state index in [-0.39, 0.29) is 11.2 Å². The average Bonchev–Trinajstić information content (AvgIpc) is 2.93. The molecule has 0 amide bonds. The fourth-order valence-electron chi connectivity index (χ4n) is 3.92. The van der Waals surface area contributed by atoms with Crippen molar-refractivity contribution in [3.05, 3.63) is 26.6 Å². The zero-order chi connectivity index (χ0) is 14.8. The van der Waals surface area contributed by atoms with Crippen LogP contribution in [0.1, 0.15) is 49.9 Å². The minimum absolute atomic E-state index is 0.176. The molecule has 0 saturated carbocycles. The minimum Gasteiger partial charge on any atom is -0.276 e. The highest BCUT2D eigenvalue weighted by Crippen LogP contribution is 2.36. The molecule has 0 bridgehead atoms. The van der Waals surface area contributed by atoms with Crippen LogP contribution in [0.5, 0.6) is 0 Å². The van der Waals surface area contributed by atoms with Crippen LogP contribution in [0.3, 0.4) is 0 Å². The summed E-state index contributed by atoms with van der Waals surface area (Å²) in [6, 6.07) is 0. The van der Waals surface area contributed by atoms with Crippen molar-refractivity contribution in [1.29, 1.82) is 0 Å². The number of fused-ring (bicyclic) bond motifs is 4. The van der Waals surface area contributed by atoms with Gasteiger partial charge in [-0.1, -0.05) is 6.92 Å². The highest BCUT2D eigenvalue weighted by molar-refractivity contribution is 7.18. The van der Waals surface area contributed by atoms with Gasteiger partial charge in [-0.3, -0.25) is 14.3 Å². The van der Waals surface area contributed by atoms with E-state index in [9.17, 15) is 4.79 Å². The van der Waals surface area contributed by atoms with Gasteiger partial charge in [0.15, 0.2) is 0 Å². The Hall–Kier alpha value is -1.20. The second-order valence-corrected chi connectivity index (χ2v) is 7.65. The van der Waals surface area contributed by atoms with Crippen LogP contribution < -0.4 is 5.56 Å². The van der Waals surface area contributed by atoms with Crippen molar-refractivity contribution >= 4 is 21.6 Å². The molecule has 112 valence electrons. The van der Waals surface area contributed by atoms with Crippen LogP contribution in [-0.2, 0) is 25.0 Å². The lowest BCUT2D eigenvalue weighted by Gasteiger charge is -2.31. The quantitative estimate of drug-likeness (QED) is 0.813. The summed E-state index contributed by atoms with van der Waals surface area (Å²) in [7, 11) is 0. The maximum Gasteiger partial charge on any atom is 0.264 e. The molecule has 4 rings (SSSR count). The second kappa shape index (κ2) is 4.40. The lowest BCUT2D eigenvalue weighted by atomic mass is 9.97. The molecule has 4 nitrogen and oxygen atoms in total. The number of nitrogens with zero attached hydrogens (tertiary/aromatic N) is 3. The Bertz CT molecular complexity index is 787. The number of aryl methyl sites for hydroxylation is 2. The number of hydrogen-bond acceptors (Lipinski definition) is 4. The second-order valence-electron chi connectivity index (χ2n) is 6.57. The highest BCUT2D eigenvalue weighted by Gasteiger charge is 2.39. The van der Waals surface area contributed by atoms with Crippen LogP contribution >= 0.6 is 11.3 Å². The van der Waals surface area contributed by atoms with Crippen LogP contribution in [0, 0.1) is 0 Å². The summed E-state index contributed by atoms with van der Waals surface area (Å²) in [5, 5.41) is 0.907. The van der Waals surface area contributed by atoms with Gasteiger partial charge in [-0.15, -0.1) is 11.3 Å². The van der Waals surface area contributed by atoms with Crippen molar-refractivity contribution < 1.29 is 0 Å². The molecule has 0 atom stereocenters. The summed E-state index contributed by atoms with van der Waals surface area (Å²) in [5.74, 6) is 0.929. The first-order valence-electron chi connectivity index (χ1n) is 7.85. The number of hydrogen-bond donors (Lipinski definition) is 0. The van der Waals surface area contributed by atoms with E-state index in [1.165, 1.54) is 23.3 Å². The summed E-state index contributed by atoms with van der Waals surface area (Å²) >= 11 is 1.75. The number of thiophene rings is 1. The summed E-state index contributed by atoms with van der Waals surface area (Å²) in [6.07, 6.45) is 4.61. The molecule has 3 heterocycles. The Balaban J connectivity index is 2.03. The van der Waals surface area contributed by atoms with E-state index in [1.54, 1.807) is 11.3 Å². The van der Waals surface area contributed by atoms with Gasteiger partial charge < -0.3 is 0 Å². The van der Waals surface area contributed by atoms with Crippen molar-refractivity contribution in [3.8, 4) is 0 Å². The van der Waals surface area contributed by atoms with Gasteiger partial charge in [0, 0.05) is 4.88 Å². The van der Waals surface area contributed by atoms with Crippen LogP contribution in [0.4, 0.5) is 0 Å². The highest BCUT2D eigenvalue weighted by atomic mass is 32.1. The number of rotatable bonds is 1. The van der Waals surface area contributed by atoms with Gasteiger partial charge in [0.05, 0.1) is 17.6 Å². The van der Waals surface area contributed by atoms with Crippen molar-refractivity contribution in [3.63, 3.8) is 0 Å². The standard InChI is InChI=1S/C16H21N3OS/c1-4-18-9-12-17-14-13(15(20)19(12)16(18,2)3)10-7-5-6-8-11(10)21-14/h4-9H2,1-3H3. The van der Waals surface area contributed by atoms with Gasteiger partial charge >= 0.3 is 0 Å². The van der Waals surface area contributed by atoms with Gasteiger partial charge in [0.1, 0.15) is 10.7 Å². The molecule has 2 aliphatic rings. The van der Waals surface area contributed by atoms with Crippen LogP contribution in [0.15, 0.2) is 4.79 Å².